The number of carboxylic acids is 1. The summed E-state index contributed by atoms with van der Waals surface area (Å²) < 4.78 is 0. The van der Waals surface area contributed by atoms with E-state index < -0.39 is 12.0 Å². The van der Waals surface area contributed by atoms with Gasteiger partial charge in [0.15, 0.2) is 6.04 Å². The molecule has 2 aromatic rings. The van der Waals surface area contributed by atoms with Gasteiger partial charge in [-0.2, -0.15) is 0 Å². The third-order valence-electron chi connectivity index (χ3n) is 3.23. The molecule has 1 aromatic carbocycles. The number of benzene rings is 1. The van der Waals surface area contributed by atoms with E-state index in [0.717, 1.165) is 16.1 Å². The number of thiophene rings is 1. The Morgan fingerprint density at radius 1 is 1.24 bits per heavy atom. The number of aryl methyl sites for hydroxylation is 1. The van der Waals surface area contributed by atoms with Crippen LogP contribution in [0.3, 0.4) is 0 Å². The molecule has 1 atom stereocenters. The predicted octanol–water partition coefficient (Wildman–Crippen LogP) is 4.59. The van der Waals surface area contributed by atoms with Gasteiger partial charge in [0, 0.05) is 15.4 Å². The average Bonchev–Trinajstić information content (AvgIpc) is 2.84. The van der Waals surface area contributed by atoms with E-state index in [2.05, 4.69) is 26.1 Å². The minimum absolute atomic E-state index is 0.0370. The molecule has 0 bridgehead atoms. The third-order valence-corrected chi connectivity index (χ3v) is 4.80. The van der Waals surface area contributed by atoms with Gasteiger partial charge in [0.1, 0.15) is 0 Å². The van der Waals surface area contributed by atoms with Gasteiger partial charge >= 0.3 is 5.97 Å². The largest absolute Gasteiger partial charge is 0.479 e. The van der Waals surface area contributed by atoms with Gasteiger partial charge in [-0.15, -0.1) is 11.3 Å². The highest BCUT2D eigenvalue weighted by Crippen LogP contribution is 2.33. The predicted molar refractivity (Wildman–Crippen MR) is 88.2 cm³/mol. The summed E-state index contributed by atoms with van der Waals surface area (Å²) in [5.41, 5.74) is 1.97. The number of nitrogens with one attached hydrogen (secondary N) is 1. The van der Waals surface area contributed by atoms with Crippen LogP contribution in [0, 0.1) is 6.92 Å². The van der Waals surface area contributed by atoms with Gasteiger partial charge in [0.05, 0.1) is 0 Å². The van der Waals surface area contributed by atoms with Crippen molar-refractivity contribution >= 4 is 23.0 Å². The fraction of sp³-hybridized carbons (Fsp3) is 0.353. The summed E-state index contributed by atoms with van der Waals surface area (Å²) in [4.78, 5) is 13.6. The van der Waals surface area contributed by atoms with Crippen molar-refractivity contribution in [2.45, 2.75) is 39.2 Å². The molecular formula is C17H21NO2S. The molecule has 0 radical (unpaired) electrons. The second kappa shape index (κ2) is 5.90. The van der Waals surface area contributed by atoms with E-state index in [0.29, 0.717) is 0 Å². The molecule has 1 heterocycles. The average molecular weight is 303 g/mol. The molecule has 0 fully saturated rings. The van der Waals surface area contributed by atoms with Crippen LogP contribution in [0.2, 0.25) is 0 Å². The summed E-state index contributed by atoms with van der Waals surface area (Å²) in [7, 11) is 0. The molecule has 21 heavy (non-hydrogen) atoms. The van der Waals surface area contributed by atoms with Crippen molar-refractivity contribution in [1.29, 1.82) is 0 Å². The van der Waals surface area contributed by atoms with Gasteiger partial charge < -0.3 is 10.4 Å². The Labute approximate surface area is 129 Å². The maximum absolute atomic E-state index is 11.6. The first-order valence-corrected chi connectivity index (χ1v) is 7.75. The number of carboxylic acid groups (broad SMARTS) is 1. The maximum Gasteiger partial charge on any atom is 0.331 e. The van der Waals surface area contributed by atoms with E-state index in [-0.39, 0.29) is 5.41 Å². The van der Waals surface area contributed by atoms with Crippen molar-refractivity contribution in [2.24, 2.45) is 0 Å². The van der Waals surface area contributed by atoms with Crippen LogP contribution in [0.1, 0.15) is 42.1 Å². The van der Waals surface area contributed by atoms with Crippen LogP contribution in [-0.4, -0.2) is 11.1 Å². The Hall–Kier alpha value is -1.81. The summed E-state index contributed by atoms with van der Waals surface area (Å²) in [6, 6.07) is 11.0. The van der Waals surface area contributed by atoms with Gasteiger partial charge in [-0.1, -0.05) is 32.9 Å². The van der Waals surface area contributed by atoms with Crippen LogP contribution in [0.25, 0.3) is 0 Å². The number of hydrogen-bond acceptors (Lipinski definition) is 3. The summed E-state index contributed by atoms with van der Waals surface area (Å²) in [6.45, 7) is 8.38. The van der Waals surface area contributed by atoms with Crippen molar-refractivity contribution in [3.8, 4) is 0 Å². The standard InChI is InChI=1S/C17H21NO2S/c1-11-6-5-7-12(10-11)18-15(16(19)20)13-8-9-14(21-13)17(2,3)4/h5-10,15,18H,1-4H3,(H,19,20). The Morgan fingerprint density at radius 2 is 1.95 bits per heavy atom. The van der Waals surface area contributed by atoms with Crippen molar-refractivity contribution in [1.82, 2.24) is 0 Å². The monoisotopic (exact) mass is 303 g/mol. The molecule has 1 unspecified atom stereocenters. The lowest BCUT2D eigenvalue weighted by Crippen LogP contribution is -2.19. The molecule has 112 valence electrons. The topological polar surface area (TPSA) is 49.3 Å². The molecule has 0 saturated heterocycles. The zero-order valence-corrected chi connectivity index (χ0v) is 13.6. The fourth-order valence-electron chi connectivity index (χ4n) is 2.07. The van der Waals surface area contributed by atoms with Crippen LogP contribution in [0.4, 0.5) is 5.69 Å². The molecule has 0 saturated carbocycles. The molecule has 0 aliphatic rings. The van der Waals surface area contributed by atoms with Crippen LogP contribution >= 0.6 is 11.3 Å². The first-order valence-electron chi connectivity index (χ1n) is 6.93. The smallest absolute Gasteiger partial charge is 0.331 e. The maximum atomic E-state index is 11.6. The van der Waals surface area contributed by atoms with Crippen LogP contribution < -0.4 is 5.32 Å². The highest BCUT2D eigenvalue weighted by Gasteiger charge is 2.24. The number of carbonyl (C=O) groups is 1. The van der Waals surface area contributed by atoms with E-state index in [1.165, 1.54) is 4.88 Å². The molecule has 3 nitrogen and oxygen atoms in total. The second-order valence-electron chi connectivity index (χ2n) is 6.24. The Morgan fingerprint density at radius 3 is 2.48 bits per heavy atom. The molecular weight excluding hydrogens is 282 g/mol. The lowest BCUT2D eigenvalue weighted by Gasteiger charge is -2.17. The first-order chi connectivity index (χ1) is 9.77. The van der Waals surface area contributed by atoms with E-state index >= 15 is 0 Å². The van der Waals surface area contributed by atoms with Crippen LogP contribution in [0.5, 0.6) is 0 Å². The van der Waals surface area contributed by atoms with Gasteiger partial charge in [0.25, 0.3) is 0 Å². The number of hydrogen-bond donors (Lipinski definition) is 2. The minimum atomic E-state index is -0.862. The summed E-state index contributed by atoms with van der Waals surface area (Å²) in [5, 5.41) is 12.6. The fourth-order valence-corrected chi connectivity index (χ4v) is 3.18. The molecule has 0 aliphatic carbocycles. The normalized spacial score (nSPS) is 13.0. The van der Waals surface area contributed by atoms with Gasteiger partial charge in [-0.05, 0) is 42.2 Å². The van der Waals surface area contributed by atoms with E-state index in [1.807, 2.05) is 43.3 Å². The van der Waals surface area contributed by atoms with Crippen LogP contribution in [0.15, 0.2) is 36.4 Å². The third kappa shape index (κ3) is 3.85. The number of anilines is 1. The van der Waals surface area contributed by atoms with Crippen molar-refractivity contribution in [2.75, 3.05) is 5.32 Å². The van der Waals surface area contributed by atoms with Gasteiger partial charge in [0.2, 0.25) is 0 Å². The summed E-state index contributed by atoms with van der Waals surface area (Å²) in [5.74, 6) is -0.862. The second-order valence-corrected chi connectivity index (χ2v) is 7.35. The lowest BCUT2D eigenvalue weighted by atomic mass is 9.95. The van der Waals surface area contributed by atoms with Crippen molar-refractivity contribution in [3.63, 3.8) is 0 Å². The lowest BCUT2D eigenvalue weighted by molar-refractivity contribution is -0.138. The molecule has 4 heteroatoms. The number of rotatable bonds is 4. The van der Waals surface area contributed by atoms with E-state index in [4.69, 9.17) is 0 Å². The Balaban J connectivity index is 2.27. The SMILES string of the molecule is Cc1cccc(NC(C(=O)O)c2ccc(C(C)(C)C)s2)c1. The molecule has 0 aliphatic heterocycles. The minimum Gasteiger partial charge on any atom is -0.479 e. The molecule has 0 spiro atoms. The van der Waals surface area contributed by atoms with E-state index in [1.54, 1.807) is 11.3 Å². The molecule has 2 N–H and O–H groups in total. The number of aliphatic carboxylic acids is 1. The molecule has 0 amide bonds. The molecule has 2 rings (SSSR count). The van der Waals surface area contributed by atoms with Crippen molar-refractivity contribution < 1.29 is 9.90 Å². The summed E-state index contributed by atoms with van der Waals surface area (Å²) >= 11 is 1.56. The van der Waals surface area contributed by atoms with Gasteiger partial charge in [-0.3, -0.25) is 0 Å². The Bertz CT molecular complexity index is 640. The first kappa shape index (κ1) is 15.6. The zero-order valence-electron chi connectivity index (χ0n) is 12.8. The van der Waals surface area contributed by atoms with E-state index in [9.17, 15) is 9.90 Å². The zero-order chi connectivity index (χ0) is 15.6. The van der Waals surface area contributed by atoms with Crippen LogP contribution in [-0.2, 0) is 10.2 Å². The highest BCUT2D eigenvalue weighted by molar-refractivity contribution is 7.12. The Kier molecular flexibility index (Phi) is 4.37. The van der Waals surface area contributed by atoms with Crippen molar-refractivity contribution in [3.05, 3.63) is 51.7 Å². The highest BCUT2D eigenvalue weighted by atomic mass is 32.1. The summed E-state index contributed by atoms with van der Waals surface area (Å²) in [6.07, 6.45) is 0. The van der Waals surface area contributed by atoms with Gasteiger partial charge in [-0.25, -0.2) is 4.79 Å². The quantitative estimate of drug-likeness (QED) is 0.868. The molecule has 1 aromatic heterocycles.